The molecule has 19 heavy (non-hydrogen) atoms. The van der Waals surface area contributed by atoms with E-state index < -0.39 is 17.5 Å². The number of carboxylic acids is 2. The van der Waals surface area contributed by atoms with Gasteiger partial charge in [-0.1, -0.05) is 30.3 Å². The smallest absolute Gasteiger partial charge is 0.339 e. The third-order valence-electron chi connectivity index (χ3n) is 2.43. The lowest BCUT2D eigenvalue weighted by Crippen LogP contribution is -2.02. The van der Waals surface area contributed by atoms with E-state index in [0.29, 0.717) is 11.8 Å². The largest absolute Gasteiger partial charge is 0.478 e. The van der Waals surface area contributed by atoms with Crippen LogP contribution in [0.25, 0.3) is 16.9 Å². The fraction of sp³-hybridized carbons (Fsp3) is 0. The number of hydrogen-bond donors (Lipinski definition) is 2. The maximum atomic E-state index is 11.0. The van der Waals surface area contributed by atoms with Crippen LogP contribution in [0.2, 0.25) is 0 Å². The third-order valence-corrected chi connectivity index (χ3v) is 2.43. The summed E-state index contributed by atoms with van der Waals surface area (Å²) in [7, 11) is 0. The van der Waals surface area contributed by atoms with Crippen molar-refractivity contribution in [2.24, 2.45) is 0 Å². The van der Waals surface area contributed by atoms with Crippen LogP contribution in [-0.2, 0) is 9.59 Å². The van der Waals surface area contributed by atoms with Crippen LogP contribution in [0.1, 0.15) is 5.76 Å². The zero-order valence-corrected chi connectivity index (χ0v) is 9.74. The Morgan fingerprint density at radius 1 is 1.00 bits per heavy atom. The van der Waals surface area contributed by atoms with Gasteiger partial charge in [0.25, 0.3) is 0 Å². The number of hydrogen-bond acceptors (Lipinski definition) is 3. The van der Waals surface area contributed by atoms with Crippen molar-refractivity contribution in [2.75, 3.05) is 0 Å². The molecular weight excluding hydrogens is 248 g/mol. The van der Waals surface area contributed by atoms with Gasteiger partial charge < -0.3 is 14.6 Å². The summed E-state index contributed by atoms with van der Waals surface area (Å²) in [5.74, 6) is -2.20. The molecular formula is C14H10O5. The van der Waals surface area contributed by atoms with E-state index in [1.54, 1.807) is 6.07 Å². The first kappa shape index (κ1) is 12.6. The molecule has 0 aliphatic rings. The summed E-state index contributed by atoms with van der Waals surface area (Å²) < 4.78 is 5.38. The number of furan rings is 1. The summed E-state index contributed by atoms with van der Waals surface area (Å²) in [6.45, 7) is 0. The average molecular weight is 258 g/mol. The quantitative estimate of drug-likeness (QED) is 0.822. The van der Waals surface area contributed by atoms with Gasteiger partial charge in [0.1, 0.15) is 17.1 Å². The van der Waals surface area contributed by atoms with Crippen LogP contribution in [0.5, 0.6) is 0 Å². The summed E-state index contributed by atoms with van der Waals surface area (Å²) >= 11 is 0. The maximum Gasteiger partial charge on any atom is 0.339 e. The van der Waals surface area contributed by atoms with Crippen LogP contribution in [0.3, 0.4) is 0 Å². The fourth-order valence-electron chi connectivity index (χ4n) is 1.60. The Hall–Kier alpha value is -2.82. The van der Waals surface area contributed by atoms with Crippen molar-refractivity contribution in [3.63, 3.8) is 0 Å². The molecule has 0 aliphatic carbocycles. The fourth-order valence-corrected chi connectivity index (χ4v) is 1.60. The van der Waals surface area contributed by atoms with Crippen molar-refractivity contribution in [1.82, 2.24) is 0 Å². The molecule has 0 aliphatic heterocycles. The highest BCUT2D eigenvalue weighted by Crippen LogP contribution is 2.25. The van der Waals surface area contributed by atoms with Crippen molar-refractivity contribution >= 4 is 17.5 Å². The average Bonchev–Trinajstić information content (AvgIpc) is 2.86. The van der Waals surface area contributed by atoms with Crippen molar-refractivity contribution in [2.45, 2.75) is 0 Å². The molecule has 0 bridgehead atoms. The predicted octanol–water partition coefficient (Wildman–Crippen LogP) is 2.50. The summed E-state index contributed by atoms with van der Waals surface area (Å²) in [6.07, 6.45) is 0.607. The topological polar surface area (TPSA) is 87.7 Å². The molecule has 0 spiro atoms. The molecule has 5 nitrogen and oxygen atoms in total. The molecule has 0 fully saturated rings. The number of benzene rings is 1. The van der Waals surface area contributed by atoms with Gasteiger partial charge in [-0.15, -0.1) is 0 Å². The number of carbonyl (C=O) groups is 2. The molecule has 0 saturated heterocycles. The SMILES string of the molecule is O=C(O)/C=C(\C(=O)O)c1ccc(-c2ccccc2)o1. The van der Waals surface area contributed by atoms with Crippen molar-refractivity contribution in [3.8, 4) is 11.3 Å². The van der Waals surface area contributed by atoms with Gasteiger partial charge in [0, 0.05) is 11.6 Å². The molecule has 1 aromatic heterocycles. The highest BCUT2D eigenvalue weighted by Gasteiger charge is 2.16. The van der Waals surface area contributed by atoms with E-state index in [1.165, 1.54) is 6.07 Å². The molecule has 2 rings (SSSR count). The minimum atomic E-state index is -1.35. The first-order valence-corrected chi connectivity index (χ1v) is 5.41. The zero-order valence-electron chi connectivity index (χ0n) is 9.74. The molecule has 5 heteroatoms. The molecule has 96 valence electrons. The van der Waals surface area contributed by atoms with Gasteiger partial charge in [0.05, 0.1) is 0 Å². The van der Waals surface area contributed by atoms with Gasteiger partial charge in [-0.3, -0.25) is 0 Å². The van der Waals surface area contributed by atoms with E-state index in [-0.39, 0.29) is 5.76 Å². The lowest BCUT2D eigenvalue weighted by Gasteiger charge is -1.98. The van der Waals surface area contributed by atoms with Gasteiger partial charge in [0.2, 0.25) is 0 Å². The van der Waals surface area contributed by atoms with Crippen LogP contribution >= 0.6 is 0 Å². The highest BCUT2D eigenvalue weighted by atomic mass is 16.4. The Morgan fingerprint density at radius 3 is 2.26 bits per heavy atom. The summed E-state index contributed by atoms with van der Waals surface area (Å²) in [4.78, 5) is 21.6. The predicted molar refractivity (Wildman–Crippen MR) is 67.4 cm³/mol. The molecule has 0 unspecified atom stereocenters. The molecule has 1 aromatic carbocycles. The first-order valence-electron chi connectivity index (χ1n) is 5.41. The molecule has 0 radical (unpaired) electrons. The maximum absolute atomic E-state index is 11.0. The monoisotopic (exact) mass is 258 g/mol. The number of rotatable bonds is 4. The Morgan fingerprint density at radius 2 is 1.68 bits per heavy atom. The van der Waals surface area contributed by atoms with E-state index in [2.05, 4.69) is 0 Å². The van der Waals surface area contributed by atoms with Crippen LogP contribution in [0.4, 0.5) is 0 Å². The molecule has 2 N–H and O–H groups in total. The van der Waals surface area contributed by atoms with Crippen molar-refractivity contribution < 1.29 is 24.2 Å². The van der Waals surface area contributed by atoms with Gasteiger partial charge in [0.15, 0.2) is 0 Å². The van der Waals surface area contributed by atoms with Gasteiger partial charge >= 0.3 is 11.9 Å². The Labute approximate surface area is 108 Å². The van der Waals surface area contributed by atoms with Gasteiger partial charge in [-0.05, 0) is 12.1 Å². The van der Waals surface area contributed by atoms with Crippen LogP contribution in [0, 0.1) is 0 Å². The molecule has 0 amide bonds. The number of aliphatic carboxylic acids is 2. The van der Waals surface area contributed by atoms with Gasteiger partial charge in [-0.2, -0.15) is 0 Å². The van der Waals surface area contributed by atoms with E-state index in [4.69, 9.17) is 14.6 Å². The molecule has 0 saturated carbocycles. The van der Waals surface area contributed by atoms with Crippen LogP contribution < -0.4 is 0 Å². The molecule has 0 atom stereocenters. The highest BCUT2D eigenvalue weighted by molar-refractivity contribution is 6.18. The lowest BCUT2D eigenvalue weighted by molar-refractivity contribution is -0.133. The Balaban J connectivity index is 2.40. The second kappa shape index (κ2) is 5.22. The standard InChI is InChI=1S/C14H10O5/c15-13(16)8-10(14(17)18)12-7-6-11(19-12)9-4-2-1-3-5-9/h1-8H,(H,15,16)(H,17,18)/b10-8-. The summed E-state index contributed by atoms with van der Waals surface area (Å²) in [5.41, 5.74) is 0.392. The number of carboxylic acid groups (broad SMARTS) is 2. The summed E-state index contributed by atoms with van der Waals surface area (Å²) in [6, 6.07) is 12.1. The second-order valence-electron chi connectivity index (χ2n) is 3.73. The Kier molecular flexibility index (Phi) is 3.47. The van der Waals surface area contributed by atoms with Gasteiger partial charge in [-0.25, -0.2) is 9.59 Å². The minimum Gasteiger partial charge on any atom is -0.478 e. The normalized spacial score (nSPS) is 11.3. The van der Waals surface area contributed by atoms with Crippen molar-refractivity contribution in [3.05, 3.63) is 54.3 Å². The minimum absolute atomic E-state index is 0.00810. The molecule has 1 heterocycles. The first-order chi connectivity index (χ1) is 9.08. The van der Waals surface area contributed by atoms with Crippen LogP contribution in [-0.4, -0.2) is 22.2 Å². The van der Waals surface area contributed by atoms with Crippen LogP contribution in [0.15, 0.2) is 53.0 Å². The summed E-state index contributed by atoms with van der Waals surface area (Å²) in [5, 5.41) is 17.6. The second-order valence-corrected chi connectivity index (χ2v) is 3.73. The lowest BCUT2D eigenvalue weighted by atomic mass is 10.2. The zero-order chi connectivity index (χ0) is 13.8. The van der Waals surface area contributed by atoms with E-state index in [1.807, 2.05) is 30.3 Å². The third kappa shape index (κ3) is 2.90. The van der Waals surface area contributed by atoms with E-state index in [0.717, 1.165) is 5.56 Å². The van der Waals surface area contributed by atoms with E-state index in [9.17, 15) is 9.59 Å². The Bertz CT molecular complexity index is 637. The van der Waals surface area contributed by atoms with Crippen molar-refractivity contribution in [1.29, 1.82) is 0 Å². The molecule has 2 aromatic rings. The van der Waals surface area contributed by atoms with E-state index >= 15 is 0 Å².